The number of carbonyl (C=O) groups is 1. The van der Waals surface area contributed by atoms with Gasteiger partial charge in [0.15, 0.2) is 0 Å². The predicted molar refractivity (Wildman–Crippen MR) is 134 cm³/mol. The van der Waals surface area contributed by atoms with Crippen LogP contribution in [0.2, 0.25) is 10.0 Å². The summed E-state index contributed by atoms with van der Waals surface area (Å²) < 4.78 is 34.6. The Morgan fingerprint density at radius 3 is 2.57 bits per heavy atom. The first-order valence-electron chi connectivity index (χ1n) is 10.4. The number of nitrogens with one attached hydrogen (secondary N) is 1. The number of hydrogen-bond donors (Lipinski definition) is 2. The Hall–Kier alpha value is -2.89. The first kappa shape index (κ1) is 25.2. The minimum absolute atomic E-state index is 0.00393. The van der Waals surface area contributed by atoms with Crippen LogP contribution in [0.1, 0.15) is 32.9 Å². The molecule has 0 bridgehead atoms. The van der Waals surface area contributed by atoms with Crippen molar-refractivity contribution in [2.24, 2.45) is 0 Å². The fourth-order valence-corrected chi connectivity index (χ4v) is 5.56. The second kappa shape index (κ2) is 10.00. The summed E-state index contributed by atoms with van der Waals surface area (Å²) in [4.78, 5) is 11.8. The van der Waals surface area contributed by atoms with E-state index in [1.165, 1.54) is 15.7 Å². The van der Waals surface area contributed by atoms with E-state index in [-0.39, 0.29) is 25.3 Å². The molecule has 3 aromatic rings. The Balaban J connectivity index is 1.69. The molecule has 0 amide bonds. The minimum atomic E-state index is -4.01. The topological polar surface area (TPSA) is 116 Å². The van der Waals surface area contributed by atoms with Gasteiger partial charge in [0.25, 0.3) is 10.2 Å². The van der Waals surface area contributed by atoms with E-state index in [2.05, 4.69) is 10.2 Å². The van der Waals surface area contributed by atoms with Crippen LogP contribution in [-0.4, -0.2) is 59.0 Å². The monoisotopic (exact) mass is 536 g/mol. The van der Waals surface area contributed by atoms with Crippen molar-refractivity contribution in [2.45, 2.75) is 13.1 Å². The number of fused-ring (bicyclic) bond motifs is 1. The van der Waals surface area contributed by atoms with Crippen LogP contribution in [0.4, 0.5) is 0 Å². The van der Waals surface area contributed by atoms with E-state index < -0.39 is 16.2 Å². The van der Waals surface area contributed by atoms with Gasteiger partial charge in [0.2, 0.25) is 0 Å². The number of aromatic carboxylic acids is 1. The predicted octanol–water partition coefficient (Wildman–Crippen LogP) is 4.16. The molecule has 1 aliphatic heterocycles. The molecule has 0 unspecified atom stereocenters. The molecule has 0 atom stereocenters. The molecule has 35 heavy (non-hydrogen) atoms. The van der Waals surface area contributed by atoms with E-state index in [9.17, 15) is 18.3 Å². The molecule has 2 aromatic carbocycles. The van der Waals surface area contributed by atoms with Gasteiger partial charge >= 0.3 is 5.97 Å². The average Bonchev–Trinajstić information content (AvgIpc) is 3.26. The van der Waals surface area contributed by atoms with Gasteiger partial charge in [-0.25, -0.2) is 4.79 Å². The number of halogens is 2. The highest BCUT2D eigenvalue weighted by Crippen LogP contribution is 2.33. The van der Waals surface area contributed by atoms with Gasteiger partial charge in [0.1, 0.15) is 11.4 Å². The Kier molecular flexibility index (Phi) is 7.20. The van der Waals surface area contributed by atoms with E-state index in [1.54, 1.807) is 43.5 Å². The molecule has 0 saturated carbocycles. The van der Waals surface area contributed by atoms with Gasteiger partial charge in [0.05, 0.1) is 12.8 Å². The zero-order valence-corrected chi connectivity index (χ0v) is 21.2. The molecular formula is C23H22Cl2N4O5S. The van der Waals surface area contributed by atoms with Crippen molar-refractivity contribution < 1.29 is 23.1 Å². The smallest absolute Gasteiger partial charge is 0.354 e. The van der Waals surface area contributed by atoms with Crippen LogP contribution >= 0.6 is 23.2 Å². The largest absolute Gasteiger partial charge is 0.497 e. The van der Waals surface area contributed by atoms with Gasteiger partial charge in [0, 0.05) is 42.3 Å². The molecular weight excluding hydrogens is 515 g/mol. The van der Waals surface area contributed by atoms with E-state index in [1.807, 2.05) is 12.1 Å². The first-order chi connectivity index (χ1) is 16.6. The highest BCUT2D eigenvalue weighted by atomic mass is 35.5. The molecule has 12 heteroatoms. The number of carboxylic acid groups (broad SMARTS) is 1. The third-order valence-corrected chi connectivity index (χ3v) is 8.07. The Labute approximate surface area is 212 Å². The third-order valence-electron chi connectivity index (χ3n) is 5.65. The molecule has 0 aliphatic carbocycles. The summed E-state index contributed by atoms with van der Waals surface area (Å²) in [6.07, 6.45) is 1.78. The van der Waals surface area contributed by atoms with E-state index in [0.29, 0.717) is 38.2 Å². The van der Waals surface area contributed by atoms with Crippen molar-refractivity contribution in [2.75, 3.05) is 20.7 Å². The normalized spacial score (nSPS) is 15.4. The highest BCUT2D eigenvalue weighted by Gasteiger charge is 2.36. The molecule has 0 spiro atoms. The maximum Gasteiger partial charge on any atom is 0.354 e. The SMILES string of the molecule is COc1ccc(/C=C2\CN(S(=O)(=O)N(C)Cc3ccc(Cl)cc3Cl)Cc3c2n[nH]c3C(=O)O)cc1. The van der Waals surface area contributed by atoms with E-state index in [4.69, 9.17) is 27.9 Å². The zero-order chi connectivity index (χ0) is 25.3. The number of hydrogen-bond acceptors (Lipinski definition) is 5. The summed E-state index contributed by atoms with van der Waals surface area (Å²) in [5, 5.41) is 17.1. The number of rotatable bonds is 7. The first-order valence-corrected chi connectivity index (χ1v) is 12.6. The molecule has 4 rings (SSSR count). The van der Waals surface area contributed by atoms with Gasteiger partial charge in [-0.1, -0.05) is 41.4 Å². The number of methoxy groups -OCH3 is 1. The quantitative estimate of drug-likeness (QED) is 0.468. The van der Waals surface area contributed by atoms with Gasteiger partial charge in [-0.2, -0.15) is 22.1 Å². The number of nitrogens with zero attached hydrogens (tertiary/aromatic N) is 3. The lowest BCUT2D eigenvalue weighted by Gasteiger charge is -2.31. The van der Waals surface area contributed by atoms with Crippen LogP contribution < -0.4 is 4.74 Å². The summed E-state index contributed by atoms with van der Waals surface area (Å²) in [6, 6.07) is 12.0. The summed E-state index contributed by atoms with van der Waals surface area (Å²) >= 11 is 12.2. The van der Waals surface area contributed by atoms with Crippen LogP contribution in [0.15, 0.2) is 42.5 Å². The summed E-state index contributed by atoms with van der Waals surface area (Å²) in [5.74, 6) is -0.542. The van der Waals surface area contributed by atoms with Gasteiger partial charge < -0.3 is 9.84 Å². The minimum Gasteiger partial charge on any atom is -0.497 e. The van der Waals surface area contributed by atoms with Crippen molar-refractivity contribution in [3.63, 3.8) is 0 Å². The second-order valence-corrected chi connectivity index (χ2v) is 10.8. The summed E-state index contributed by atoms with van der Waals surface area (Å²) in [5.41, 5.74) is 2.50. The van der Waals surface area contributed by atoms with Crippen LogP contribution in [0.5, 0.6) is 5.75 Å². The molecule has 1 aromatic heterocycles. The van der Waals surface area contributed by atoms with Crippen LogP contribution in [0.25, 0.3) is 11.6 Å². The number of carboxylic acids is 1. The van der Waals surface area contributed by atoms with Crippen molar-refractivity contribution in [1.29, 1.82) is 0 Å². The summed E-state index contributed by atoms with van der Waals surface area (Å²) in [6.45, 7) is -0.130. The van der Waals surface area contributed by atoms with Crippen molar-refractivity contribution in [3.8, 4) is 5.75 Å². The van der Waals surface area contributed by atoms with Gasteiger partial charge in [-0.05, 0) is 47.0 Å². The maximum absolute atomic E-state index is 13.5. The Morgan fingerprint density at radius 1 is 1.23 bits per heavy atom. The lowest BCUT2D eigenvalue weighted by Crippen LogP contribution is -2.43. The molecule has 0 saturated heterocycles. The fourth-order valence-electron chi connectivity index (χ4n) is 3.81. The Morgan fingerprint density at radius 2 is 1.94 bits per heavy atom. The van der Waals surface area contributed by atoms with Crippen molar-refractivity contribution in [3.05, 3.63) is 80.6 Å². The lowest BCUT2D eigenvalue weighted by atomic mass is 9.99. The number of H-pyrrole nitrogens is 1. The van der Waals surface area contributed by atoms with Gasteiger partial charge in [-0.15, -0.1) is 0 Å². The second-order valence-electron chi connectivity index (χ2n) is 7.94. The molecule has 0 radical (unpaired) electrons. The fraction of sp³-hybridized carbons (Fsp3) is 0.217. The summed E-state index contributed by atoms with van der Waals surface area (Å²) in [7, 11) is -1.00. The number of aromatic nitrogens is 2. The highest BCUT2D eigenvalue weighted by molar-refractivity contribution is 7.86. The molecule has 2 heterocycles. The van der Waals surface area contributed by atoms with E-state index in [0.717, 1.165) is 5.56 Å². The molecule has 2 N–H and O–H groups in total. The van der Waals surface area contributed by atoms with Gasteiger partial charge in [-0.3, -0.25) is 5.10 Å². The maximum atomic E-state index is 13.5. The number of aromatic amines is 1. The molecule has 9 nitrogen and oxygen atoms in total. The van der Waals surface area contributed by atoms with Crippen molar-refractivity contribution >= 4 is 51.0 Å². The van der Waals surface area contributed by atoms with E-state index >= 15 is 0 Å². The Bertz CT molecular complexity index is 1400. The van der Waals surface area contributed by atoms with Crippen LogP contribution in [-0.2, 0) is 23.3 Å². The van der Waals surface area contributed by atoms with Crippen LogP contribution in [0, 0.1) is 0 Å². The molecule has 184 valence electrons. The standard InChI is InChI=1S/C23H22Cl2N4O5S/c1-28(11-15-5-6-17(24)10-20(15)25)35(32,33)29-12-16(9-14-3-7-18(34-2)8-4-14)21-19(13-29)22(23(30)31)27-26-21/h3-10H,11-13H2,1-2H3,(H,26,27)(H,30,31)/b16-9+. The zero-order valence-electron chi connectivity index (χ0n) is 18.8. The van der Waals surface area contributed by atoms with Crippen molar-refractivity contribution in [1.82, 2.24) is 18.8 Å². The molecule has 1 aliphatic rings. The molecule has 0 fully saturated rings. The lowest BCUT2D eigenvalue weighted by molar-refractivity contribution is 0.0688. The number of ether oxygens (including phenoxy) is 1. The number of benzene rings is 2. The van der Waals surface area contributed by atoms with Crippen LogP contribution in [0.3, 0.4) is 0 Å². The average molecular weight is 537 g/mol. The third kappa shape index (κ3) is 5.21.